The Kier molecular flexibility index (Phi) is 2.92. The number of benzene rings is 2. The largest absolute Gasteiger partial charge is 0.507 e. The number of Topliss-reactive ketones (excluding diaryl/α,β-unsaturated/α-hetero) is 1. The third-order valence-electron chi connectivity index (χ3n) is 3.48. The van der Waals surface area contributed by atoms with Gasteiger partial charge in [-0.2, -0.15) is 0 Å². The van der Waals surface area contributed by atoms with Crippen molar-refractivity contribution in [3.05, 3.63) is 70.8 Å². The smallest absolute Gasteiger partial charge is 0.189 e. The molecule has 3 rings (SSSR count). The lowest BCUT2D eigenvalue weighted by molar-refractivity contribution is 0.102. The topological polar surface area (TPSA) is 37.3 Å². The highest BCUT2D eigenvalue weighted by Gasteiger charge is 2.21. The number of fused-ring (bicyclic) bond motifs is 1. The number of carbonyl (C=O) groups is 1. The zero-order valence-electron chi connectivity index (χ0n) is 10.5. The van der Waals surface area contributed by atoms with Gasteiger partial charge in [-0.1, -0.05) is 42.5 Å². The molecule has 0 radical (unpaired) electrons. The van der Waals surface area contributed by atoms with Crippen LogP contribution in [0, 0.1) is 0 Å². The quantitative estimate of drug-likeness (QED) is 0.785. The Morgan fingerprint density at radius 2 is 1.68 bits per heavy atom. The molecule has 0 amide bonds. The lowest BCUT2D eigenvalue weighted by atomic mass is 9.86. The molecule has 0 saturated heterocycles. The van der Waals surface area contributed by atoms with E-state index in [2.05, 4.69) is 0 Å². The van der Waals surface area contributed by atoms with E-state index in [4.69, 9.17) is 0 Å². The van der Waals surface area contributed by atoms with E-state index in [0.29, 0.717) is 5.56 Å². The maximum absolute atomic E-state index is 12.4. The second kappa shape index (κ2) is 4.73. The van der Waals surface area contributed by atoms with Crippen molar-refractivity contribution in [2.45, 2.75) is 12.8 Å². The Morgan fingerprint density at radius 3 is 2.53 bits per heavy atom. The van der Waals surface area contributed by atoms with Crippen LogP contribution in [-0.4, -0.2) is 10.9 Å². The number of phenolic OH excluding ortho intramolecular Hbond substituents is 1. The monoisotopic (exact) mass is 250 g/mol. The van der Waals surface area contributed by atoms with E-state index in [1.165, 1.54) is 0 Å². The summed E-state index contributed by atoms with van der Waals surface area (Å²) in [4.78, 5) is 12.4. The van der Waals surface area contributed by atoms with Crippen LogP contribution in [0.1, 0.15) is 27.9 Å². The highest BCUT2D eigenvalue weighted by atomic mass is 16.3. The normalized spacial score (nSPS) is 16.4. The first-order valence-corrected chi connectivity index (χ1v) is 6.37. The standard InChI is InChI=1S/C17H14O2/c18-16-8-4-2-6-13(16)11-14-10-9-12-5-1-3-7-15(12)17(14)19/h1-8,11,18H,9-10H2/b14-11+. The average Bonchev–Trinajstić information content (AvgIpc) is 2.44. The van der Waals surface area contributed by atoms with Crippen LogP contribution in [0.5, 0.6) is 5.75 Å². The van der Waals surface area contributed by atoms with Crippen LogP contribution in [0.15, 0.2) is 54.1 Å². The molecule has 1 aliphatic rings. The van der Waals surface area contributed by atoms with Crippen molar-refractivity contribution < 1.29 is 9.90 Å². The fraction of sp³-hybridized carbons (Fsp3) is 0.118. The highest BCUT2D eigenvalue weighted by molar-refractivity contribution is 6.13. The van der Waals surface area contributed by atoms with Crippen LogP contribution in [-0.2, 0) is 6.42 Å². The SMILES string of the molecule is O=C1/C(=C/c2ccccc2O)CCc2ccccc21. The number of para-hydroxylation sites is 1. The predicted molar refractivity (Wildman–Crippen MR) is 75.2 cm³/mol. The van der Waals surface area contributed by atoms with Gasteiger partial charge in [-0.15, -0.1) is 0 Å². The summed E-state index contributed by atoms with van der Waals surface area (Å²) in [7, 11) is 0. The van der Waals surface area contributed by atoms with Crippen molar-refractivity contribution in [3.63, 3.8) is 0 Å². The molecule has 0 heterocycles. The Hall–Kier alpha value is -2.35. The van der Waals surface area contributed by atoms with Crippen molar-refractivity contribution in [2.24, 2.45) is 0 Å². The van der Waals surface area contributed by atoms with Gasteiger partial charge in [-0.3, -0.25) is 4.79 Å². The van der Waals surface area contributed by atoms with Gasteiger partial charge < -0.3 is 5.11 Å². The second-order valence-corrected chi connectivity index (χ2v) is 4.71. The van der Waals surface area contributed by atoms with Crippen molar-refractivity contribution in [2.75, 3.05) is 0 Å². The molecular weight excluding hydrogens is 236 g/mol. The molecular formula is C17H14O2. The van der Waals surface area contributed by atoms with Gasteiger partial charge in [-0.05, 0) is 30.5 Å². The first-order chi connectivity index (χ1) is 9.25. The lowest BCUT2D eigenvalue weighted by Gasteiger charge is -2.17. The molecule has 0 spiro atoms. The van der Waals surface area contributed by atoms with Crippen molar-refractivity contribution >= 4 is 11.9 Å². The number of aromatic hydroxyl groups is 1. The van der Waals surface area contributed by atoms with Crippen LogP contribution in [0.3, 0.4) is 0 Å². The van der Waals surface area contributed by atoms with Crippen LogP contribution >= 0.6 is 0 Å². The number of allylic oxidation sites excluding steroid dienone is 1. The minimum Gasteiger partial charge on any atom is -0.507 e. The summed E-state index contributed by atoms with van der Waals surface area (Å²) in [5.41, 5.74) is 3.36. The highest BCUT2D eigenvalue weighted by Crippen LogP contribution is 2.28. The summed E-state index contributed by atoms with van der Waals surface area (Å²) < 4.78 is 0. The van der Waals surface area contributed by atoms with Crippen LogP contribution in [0.4, 0.5) is 0 Å². The summed E-state index contributed by atoms with van der Waals surface area (Å²) in [5.74, 6) is 0.284. The van der Waals surface area contributed by atoms with Crippen LogP contribution in [0.2, 0.25) is 0 Å². The summed E-state index contributed by atoms with van der Waals surface area (Å²) in [6.45, 7) is 0. The molecule has 2 nitrogen and oxygen atoms in total. The number of ketones is 1. The van der Waals surface area contributed by atoms with Gasteiger partial charge in [0.15, 0.2) is 5.78 Å². The zero-order chi connectivity index (χ0) is 13.2. The van der Waals surface area contributed by atoms with Gasteiger partial charge >= 0.3 is 0 Å². The summed E-state index contributed by atoms with van der Waals surface area (Å²) >= 11 is 0. The first-order valence-electron chi connectivity index (χ1n) is 6.37. The number of hydrogen-bond donors (Lipinski definition) is 1. The molecule has 0 aliphatic heterocycles. The van der Waals surface area contributed by atoms with Gasteiger partial charge in [-0.25, -0.2) is 0 Å². The van der Waals surface area contributed by atoms with Crippen LogP contribution in [0.25, 0.3) is 6.08 Å². The predicted octanol–water partition coefficient (Wildman–Crippen LogP) is 3.60. The van der Waals surface area contributed by atoms with Gasteiger partial charge in [0.2, 0.25) is 0 Å². The van der Waals surface area contributed by atoms with Crippen molar-refractivity contribution in [1.82, 2.24) is 0 Å². The molecule has 2 aromatic carbocycles. The Bertz CT molecular complexity index is 668. The van der Waals surface area contributed by atoms with Crippen LogP contribution < -0.4 is 0 Å². The summed E-state index contributed by atoms with van der Waals surface area (Å²) in [5, 5.41) is 9.77. The van der Waals surface area contributed by atoms with Crippen molar-refractivity contribution in [1.29, 1.82) is 0 Å². The zero-order valence-corrected chi connectivity index (χ0v) is 10.5. The van der Waals surface area contributed by atoms with Gasteiger partial charge in [0.1, 0.15) is 5.75 Å². The Morgan fingerprint density at radius 1 is 0.947 bits per heavy atom. The fourth-order valence-electron chi connectivity index (χ4n) is 2.45. The molecule has 0 bridgehead atoms. The Balaban J connectivity index is 2.01. The average molecular weight is 250 g/mol. The second-order valence-electron chi connectivity index (χ2n) is 4.71. The molecule has 0 atom stereocenters. The van der Waals surface area contributed by atoms with Gasteiger partial charge in [0.05, 0.1) is 0 Å². The number of carbonyl (C=O) groups excluding carboxylic acids is 1. The molecule has 0 unspecified atom stereocenters. The van der Waals surface area contributed by atoms with E-state index in [1.54, 1.807) is 18.2 Å². The van der Waals surface area contributed by atoms with Gasteiger partial charge in [0, 0.05) is 16.7 Å². The van der Waals surface area contributed by atoms with E-state index in [1.807, 2.05) is 36.4 Å². The number of aryl methyl sites for hydroxylation is 1. The number of hydrogen-bond acceptors (Lipinski definition) is 2. The molecule has 2 heteroatoms. The van der Waals surface area contributed by atoms with E-state index in [0.717, 1.165) is 29.5 Å². The summed E-state index contributed by atoms with van der Waals surface area (Å²) in [6, 6.07) is 14.8. The first kappa shape index (κ1) is 11.7. The maximum Gasteiger partial charge on any atom is 0.189 e. The molecule has 2 aromatic rings. The molecule has 0 aromatic heterocycles. The Labute approximate surface area is 112 Å². The maximum atomic E-state index is 12.4. The molecule has 1 aliphatic carbocycles. The third-order valence-corrected chi connectivity index (χ3v) is 3.48. The van der Waals surface area contributed by atoms with E-state index in [9.17, 15) is 9.90 Å². The molecule has 19 heavy (non-hydrogen) atoms. The third kappa shape index (κ3) is 2.17. The van der Waals surface area contributed by atoms with Crippen molar-refractivity contribution in [3.8, 4) is 5.75 Å². The molecule has 0 fully saturated rings. The number of rotatable bonds is 1. The van der Waals surface area contributed by atoms with E-state index < -0.39 is 0 Å². The minimum atomic E-state index is 0.0742. The van der Waals surface area contributed by atoms with Gasteiger partial charge in [0.25, 0.3) is 0 Å². The molecule has 1 N–H and O–H groups in total. The molecule has 94 valence electrons. The molecule has 0 saturated carbocycles. The van der Waals surface area contributed by atoms with E-state index in [-0.39, 0.29) is 11.5 Å². The number of phenols is 1. The fourth-order valence-corrected chi connectivity index (χ4v) is 2.45. The summed E-state index contributed by atoms with van der Waals surface area (Å²) in [6.07, 6.45) is 3.40. The van der Waals surface area contributed by atoms with E-state index >= 15 is 0 Å². The lowest BCUT2D eigenvalue weighted by Crippen LogP contribution is -2.13. The minimum absolute atomic E-state index is 0.0742.